The number of carboxylic acids is 1. The summed E-state index contributed by atoms with van der Waals surface area (Å²) in [5, 5.41) is 13.2. The van der Waals surface area contributed by atoms with Gasteiger partial charge < -0.3 is 14.4 Å². The third-order valence-electron chi connectivity index (χ3n) is 3.88. The number of rotatable bonds is 6. The number of aliphatic carboxylic acids is 1. The van der Waals surface area contributed by atoms with Crippen molar-refractivity contribution in [3.63, 3.8) is 0 Å². The van der Waals surface area contributed by atoms with E-state index in [4.69, 9.17) is 9.26 Å². The van der Waals surface area contributed by atoms with Gasteiger partial charge >= 0.3 is 5.97 Å². The first-order valence-electron chi connectivity index (χ1n) is 7.70. The molecular weight excluding hydrogens is 298 g/mol. The van der Waals surface area contributed by atoms with Gasteiger partial charge in [0.15, 0.2) is 0 Å². The predicted octanol–water partition coefficient (Wildman–Crippen LogP) is 2.18. The monoisotopic (exact) mass is 317 g/mol. The molecule has 3 rings (SSSR count). The van der Waals surface area contributed by atoms with Crippen LogP contribution in [0.25, 0.3) is 11.4 Å². The molecule has 122 valence electrons. The molecule has 0 amide bonds. The Morgan fingerprint density at radius 2 is 2.22 bits per heavy atom. The highest BCUT2D eigenvalue weighted by atomic mass is 16.5. The van der Waals surface area contributed by atoms with E-state index in [1.54, 1.807) is 0 Å². The molecule has 0 bridgehead atoms. The van der Waals surface area contributed by atoms with Crippen LogP contribution in [0.2, 0.25) is 0 Å². The van der Waals surface area contributed by atoms with Gasteiger partial charge in [0.2, 0.25) is 11.7 Å². The van der Waals surface area contributed by atoms with E-state index in [1.807, 2.05) is 36.1 Å². The first-order valence-corrected chi connectivity index (χ1v) is 7.70. The summed E-state index contributed by atoms with van der Waals surface area (Å²) in [7, 11) is 0. The van der Waals surface area contributed by atoms with Crippen molar-refractivity contribution in [2.45, 2.75) is 32.4 Å². The van der Waals surface area contributed by atoms with Gasteiger partial charge in [-0.05, 0) is 50.6 Å². The lowest BCUT2D eigenvalue weighted by atomic mass is 10.2. The molecule has 1 aliphatic rings. The lowest BCUT2D eigenvalue weighted by Crippen LogP contribution is -2.35. The largest absolute Gasteiger partial charge is 0.494 e. The van der Waals surface area contributed by atoms with Crippen LogP contribution in [0.15, 0.2) is 28.8 Å². The first kappa shape index (κ1) is 15.5. The van der Waals surface area contributed by atoms with Crippen molar-refractivity contribution in [2.75, 3.05) is 13.2 Å². The third kappa shape index (κ3) is 3.50. The fraction of sp³-hybridized carbons (Fsp3) is 0.438. The fourth-order valence-electron chi connectivity index (χ4n) is 2.77. The first-order chi connectivity index (χ1) is 11.2. The van der Waals surface area contributed by atoms with Crippen molar-refractivity contribution in [3.8, 4) is 17.1 Å². The minimum absolute atomic E-state index is 0.362. The molecule has 0 spiro atoms. The van der Waals surface area contributed by atoms with Crippen molar-refractivity contribution in [3.05, 3.63) is 30.2 Å². The van der Waals surface area contributed by atoms with Gasteiger partial charge in [0.05, 0.1) is 13.2 Å². The molecule has 1 atom stereocenters. The van der Waals surface area contributed by atoms with E-state index >= 15 is 0 Å². The summed E-state index contributed by atoms with van der Waals surface area (Å²) >= 11 is 0. The number of aromatic nitrogens is 2. The van der Waals surface area contributed by atoms with Crippen LogP contribution >= 0.6 is 0 Å². The maximum Gasteiger partial charge on any atom is 0.320 e. The van der Waals surface area contributed by atoms with Crippen LogP contribution in [0.3, 0.4) is 0 Å². The zero-order chi connectivity index (χ0) is 16.2. The van der Waals surface area contributed by atoms with E-state index in [0.29, 0.717) is 31.3 Å². The van der Waals surface area contributed by atoms with Crippen LogP contribution in [-0.4, -0.2) is 45.3 Å². The van der Waals surface area contributed by atoms with E-state index in [0.717, 1.165) is 24.3 Å². The van der Waals surface area contributed by atoms with E-state index in [2.05, 4.69) is 10.1 Å². The molecule has 0 radical (unpaired) electrons. The molecule has 1 N–H and O–H groups in total. The summed E-state index contributed by atoms with van der Waals surface area (Å²) in [6.07, 6.45) is 1.53. The molecule has 2 aromatic rings. The van der Waals surface area contributed by atoms with Gasteiger partial charge in [-0.2, -0.15) is 4.98 Å². The second-order valence-corrected chi connectivity index (χ2v) is 5.44. The standard InChI is InChI=1S/C16H19N3O4/c1-2-22-12-7-5-11(6-8-12)15-17-14(23-18-15)10-19-9-3-4-13(19)16(20)21/h5-8,13H,2-4,9-10H2,1H3,(H,20,21)/t13-/m1/s1. The van der Waals surface area contributed by atoms with Crippen LogP contribution < -0.4 is 4.74 Å². The summed E-state index contributed by atoms with van der Waals surface area (Å²) in [4.78, 5) is 17.4. The Hall–Kier alpha value is -2.41. The van der Waals surface area contributed by atoms with Gasteiger partial charge in [-0.1, -0.05) is 5.16 Å². The molecule has 1 aliphatic heterocycles. The van der Waals surface area contributed by atoms with Gasteiger partial charge in [-0.25, -0.2) is 0 Å². The summed E-state index contributed by atoms with van der Waals surface area (Å²) in [5.74, 6) is 0.922. The lowest BCUT2D eigenvalue weighted by molar-refractivity contribution is -0.142. The number of hydrogen-bond acceptors (Lipinski definition) is 6. The lowest BCUT2D eigenvalue weighted by Gasteiger charge is -2.18. The van der Waals surface area contributed by atoms with E-state index in [9.17, 15) is 9.90 Å². The highest BCUT2D eigenvalue weighted by molar-refractivity contribution is 5.73. The Labute approximate surface area is 133 Å². The maximum atomic E-state index is 11.2. The summed E-state index contributed by atoms with van der Waals surface area (Å²) < 4.78 is 10.7. The third-order valence-corrected chi connectivity index (χ3v) is 3.88. The van der Waals surface area contributed by atoms with Crippen molar-refractivity contribution >= 4 is 5.97 Å². The molecule has 1 saturated heterocycles. The Balaban J connectivity index is 1.69. The topological polar surface area (TPSA) is 88.7 Å². The fourth-order valence-corrected chi connectivity index (χ4v) is 2.77. The van der Waals surface area contributed by atoms with Crippen LogP contribution in [-0.2, 0) is 11.3 Å². The molecule has 7 nitrogen and oxygen atoms in total. The Morgan fingerprint density at radius 3 is 2.91 bits per heavy atom. The molecule has 1 aromatic heterocycles. The molecule has 0 saturated carbocycles. The van der Waals surface area contributed by atoms with Crippen molar-refractivity contribution in [1.29, 1.82) is 0 Å². The highest BCUT2D eigenvalue weighted by Gasteiger charge is 2.31. The average Bonchev–Trinajstić information content (AvgIpc) is 3.18. The number of carboxylic acid groups (broad SMARTS) is 1. The zero-order valence-corrected chi connectivity index (χ0v) is 12.9. The van der Waals surface area contributed by atoms with Crippen LogP contribution in [0.4, 0.5) is 0 Å². The predicted molar refractivity (Wildman–Crippen MR) is 82.0 cm³/mol. The molecule has 0 unspecified atom stereocenters. The molecule has 1 aromatic carbocycles. The molecular formula is C16H19N3O4. The summed E-state index contributed by atoms with van der Waals surface area (Å²) in [6.45, 7) is 3.65. The molecule has 23 heavy (non-hydrogen) atoms. The zero-order valence-electron chi connectivity index (χ0n) is 12.9. The highest BCUT2D eigenvalue weighted by Crippen LogP contribution is 2.23. The second-order valence-electron chi connectivity index (χ2n) is 5.44. The molecule has 7 heteroatoms. The van der Waals surface area contributed by atoms with Crippen molar-refractivity contribution < 1.29 is 19.2 Å². The van der Waals surface area contributed by atoms with E-state index in [1.165, 1.54) is 0 Å². The Morgan fingerprint density at radius 1 is 1.43 bits per heavy atom. The van der Waals surface area contributed by atoms with Gasteiger partial charge in [-0.3, -0.25) is 9.69 Å². The van der Waals surface area contributed by atoms with Gasteiger partial charge in [0, 0.05) is 5.56 Å². The molecule has 0 aliphatic carbocycles. The second kappa shape index (κ2) is 6.78. The Bertz CT molecular complexity index is 668. The molecule has 2 heterocycles. The number of benzene rings is 1. The van der Waals surface area contributed by atoms with Gasteiger partial charge in [-0.15, -0.1) is 0 Å². The number of carbonyl (C=O) groups is 1. The number of likely N-dealkylation sites (tertiary alicyclic amines) is 1. The summed E-state index contributed by atoms with van der Waals surface area (Å²) in [6, 6.07) is 6.99. The van der Waals surface area contributed by atoms with Crippen LogP contribution in [0.1, 0.15) is 25.7 Å². The van der Waals surface area contributed by atoms with Gasteiger partial charge in [0.25, 0.3) is 0 Å². The minimum atomic E-state index is -0.797. The van der Waals surface area contributed by atoms with Gasteiger partial charge in [0.1, 0.15) is 11.8 Å². The quantitative estimate of drug-likeness (QED) is 0.873. The smallest absolute Gasteiger partial charge is 0.320 e. The average molecular weight is 317 g/mol. The van der Waals surface area contributed by atoms with Crippen molar-refractivity contribution in [1.82, 2.24) is 15.0 Å². The SMILES string of the molecule is CCOc1ccc(-c2noc(CN3CCC[C@@H]3C(=O)O)n2)cc1. The summed E-state index contributed by atoms with van der Waals surface area (Å²) in [5.41, 5.74) is 0.833. The van der Waals surface area contributed by atoms with Crippen LogP contribution in [0, 0.1) is 0 Å². The Kier molecular flexibility index (Phi) is 4.57. The number of ether oxygens (including phenoxy) is 1. The normalized spacial score (nSPS) is 18.2. The van der Waals surface area contributed by atoms with E-state index in [-0.39, 0.29) is 0 Å². The molecule has 1 fully saturated rings. The maximum absolute atomic E-state index is 11.2. The van der Waals surface area contributed by atoms with Crippen molar-refractivity contribution in [2.24, 2.45) is 0 Å². The number of nitrogens with zero attached hydrogens (tertiary/aromatic N) is 3. The van der Waals surface area contributed by atoms with Crippen LogP contribution in [0.5, 0.6) is 5.75 Å². The minimum Gasteiger partial charge on any atom is -0.494 e. The van der Waals surface area contributed by atoms with E-state index < -0.39 is 12.0 Å². The number of hydrogen-bond donors (Lipinski definition) is 1.